The predicted molar refractivity (Wildman–Crippen MR) is 111 cm³/mol. The molecule has 0 bridgehead atoms. The largest absolute Gasteiger partial charge is 0.508 e. The summed E-state index contributed by atoms with van der Waals surface area (Å²) in [6.07, 6.45) is 1.59. The van der Waals surface area contributed by atoms with Crippen molar-refractivity contribution in [2.45, 2.75) is 0 Å². The van der Waals surface area contributed by atoms with E-state index in [1.807, 2.05) is 0 Å². The lowest BCUT2D eigenvalue weighted by Gasteiger charge is -2.09. The van der Waals surface area contributed by atoms with E-state index >= 15 is 0 Å². The quantitative estimate of drug-likeness (QED) is 0.396. The molecule has 0 aromatic heterocycles. The lowest BCUT2D eigenvalue weighted by Crippen LogP contribution is -2.11. The van der Waals surface area contributed by atoms with Crippen LogP contribution < -0.4 is 11.1 Å². The minimum absolute atomic E-state index is 0.0897. The monoisotopic (exact) mass is 373 g/mol. The molecule has 28 heavy (non-hydrogen) atoms. The van der Waals surface area contributed by atoms with Crippen molar-refractivity contribution in [1.82, 2.24) is 0 Å². The summed E-state index contributed by atoms with van der Waals surface area (Å²) in [5.74, 6) is -0.0698. The van der Waals surface area contributed by atoms with E-state index in [1.165, 1.54) is 24.3 Å². The van der Waals surface area contributed by atoms with Crippen LogP contribution in [0.2, 0.25) is 0 Å². The first-order chi connectivity index (χ1) is 13.5. The summed E-state index contributed by atoms with van der Waals surface area (Å²) in [4.78, 5) is 16.9. The topological polar surface area (TPSA) is 108 Å². The molecule has 0 aliphatic heterocycles. The molecular weight excluding hydrogens is 354 g/mol. The normalized spacial score (nSPS) is 11.1. The first kappa shape index (κ1) is 18.7. The summed E-state index contributed by atoms with van der Waals surface area (Å²) >= 11 is 0. The highest BCUT2D eigenvalue weighted by molar-refractivity contribution is 6.10. The molecule has 0 radical (unpaired) electrons. The van der Waals surface area contributed by atoms with Gasteiger partial charge < -0.3 is 21.3 Å². The van der Waals surface area contributed by atoms with E-state index in [4.69, 9.17) is 5.73 Å². The molecule has 5 N–H and O–H groups in total. The first-order valence-corrected chi connectivity index (χ1v) is 8.46. The number of nitrogen functional groups attached to an aromatic ring is 1. The molecule has 1 amide bonds. The van der Waals surface area contributed by atoms with Gasteiger partial charge in [-0.05, 0) is 72.8 Å². The molecule has 6 nitrogen and oxygen atoms in total. The van der Waals surface area contributed by atoms with E-state index in [0.29, 0.717) is 28.3 Å². The minimum Gasteiger partial charge on any atom is -0.508 e. The van der Waals surface area contributed by atoms with Gasteiger partial charge in [0, 0.05) is 16.8 Å². The van der Waals surface area contributed by atoms with Gasteiger partial charge in [-0.15, -0.1) is 0 Å². The van der Waals surface area contributed by atoms with Crippen molar-refractivity contribution in [1.29, 1.82) is 0 Å². The number of phenols is 2. The number of hydrogen-bond acceptors (Lipinski definition) is 5. The number of nitrogens with two attached hydrogens (primary N) is 1. The maximum absolute atomic E-state index is 12.4. The fourth-order valence-electron chi connectivity index (χ4n) is 2.52. The third-order valence-electron chi connectivity index (χ3n) is 4.02. The second-order valence-corrected chi connectivity index (χ2v) is 6.02. The van der Waals surface area contributed by atoms with Crippen LogP contribution in [0.1, 0.15) is 15.9 Å². The third-order valence-corrected chi connectivity index (χ3v) is 4.02. The SMILES string of the molecule is C=CC(=Nc1cc(NC(=O)c2ccc(O)cc2)ccc1N)c1ccc(O)cc1. The number of rotatable bonds is 5. The standard InChI is InChI=1S/C22H19N3O3/c1-2-20(14-3-8-17(26)9-4-14)25-21-13-16(7-12-19(21)23)24-22(28)15-5-10-18(27)11-6-15/h2-13,26-27H,1,23H2,(H,24,28). The van der Waals surface area contributed by atoms with E-state index in [9.17, 15) is 15.0 Å². The van der Waals surface area contributed by atoms with Crippen LogP contribution in [0.25, 0.3) is 0 Å². The van der Waals surface area contributed by atoms with Gasteiger partial charge in [-0.25, -0.2) is 4.99 Å². The van der Waals surface area contributed by atoms with E-state index in [1.54, 1.807) is 48.5 Å². The Kier molecular flexibility index (Phi) is 5.41. The van der Waals surface area contributed by atoms with Gasteiger partial charge in [-0.2, -0.15) is 0 Å². The molecule has 3 rings (SSSR count). The summed E-state index contributed by atoms with van der Waals surface area (Å²) in [7, 11) is 0. The predicted octanol–water partition coefficient (Wildman–Crippen LogP) is 4.24. The van der Waals surface area contributed by atoms with Crippen LogP contribution in [0.15, 0.2) is 84.4 Å². The third kappa shape index (κ3) is 4.37. The number of aromatic hydroxyl groups is 2. The molecule has 0 spiro atoms. The van der Waals surface area contributed by atoms with Crippen molar-refractivity contribution in [2.24, 2.45) is 4.99 Å². The van der Waals surface area contributed by atoms with Crippen molar-refractivity contribution in [3.8, 4) is 11.5 Å². The first-order valence-electron chi connectivity index (χ1n) is 8.46. The zero-order valence-corrected chi connectivity index (χ0v) is 15.0. The fraction of sp³-hybridized carbons (Fsp3) is 0. The van der Waals surface area contributed by atoms with E-state index in [0.717, 1.165) is 5.56 Å². The molecule has 140 valence electrons. The van der Waals surface area contributed by atoms with Gasteiger partial charge in [0.05, 0.1) is 17.1 Å². The molecule has 3 aromatic rings. The number of amides is 1. The Morgan fingerprint density at radius 2 is 1.50 bits per heavy atom. The molecule has 0 aliphatic rings. The summed E-state index contributed by atoms with van der Waals surface area (Å²) in [6.45, 7) is 3.78. The molecular formula is C22H19N3O3. The van der Waals surface area contributed by atoms with Crippen LogP contribution in [0.4, 0.5) is 17.1 Å². The number of nitrogens with zero attached hydrogens (tertiary/aromatic N) is 1. The molecule has 0 atom stereocenters. The number of allylic oxidation sites excluding steroid dienone is 1. The number of benzene rings is 3. The molecule has 6 heteroatoms. The highest BCUT2D eigenvalue weighted by Gasteiger charge is 2.09. The number of anilines is 2. The van der Waals surface area contributed by atoms with E-state index in [-0.39, 0.29) is 17.4 Å². The van der Waals surface area contributed by atoms with Crippen LogP contribution in [-0.2, 0) is 0 Å². The molecule has 0 saturated heterocycles. The van der Waals surface area contributed by atoms with Crippen LogP contribution in [-0.4, -0.2) is 21.8 Å². The van der Waals surface area contributed by atoms with Crippen LogP contribution in [0.3, 0.4) is 0 Å². The fourth-order valence-corrected chi connectivity index (χ4v) is 2.52. The molecule has 0 fully saturated rings. The molecule has 0 saturated carbocycles. The van der Waals surface area contributed by atoms with Crippen molar-refractivity contribution in [3.05, 3.63) is 90.5 Å². The summed E-state index contributed by atoms with van der Waals surface area (Å²) in [5.41, 5.74) is 9.24. The van der Waals surface area contributed by atoms with Crippen LogP contribution in [0.5, 0.6) is 11.5 Å². The van der Waals surface area contributed by atoms with Crippen molar-refractivity contribution < 1.29 is 15.0 Å². The average molecular weight is 373 g/mol. The summed E-state index contributed by atoms with van der Waals surface area (Å²) in [6, 6.07) is 17.5. The maximum Gasteiger partial charge on any atom is 0.255 e. The number of hydrogen-bond donors (Lipinski definition) is 4. The molecule has 0 heterocycles. The number of carbonyl (C=O) groups excluding carboxylic acids is 1. The lowest BCUT2D eigenvalue weighted by molar-refractivity contribution is 0.102. The Labute approximate surface area is 162 Å². The number of aliphatic imine (C=N–C) groups is 1. The van der Waals surface area contributed by atoms with Gasteiger partial charge in [-0.3, -0.25) is 4.79 Å². The summed E-state index contributed by atoms with van der Waals surface area (Å²) < 4.78 is 0. The Balaban J connectivity index is 1.88. The van der Waals surface area contributed by atoms with Gasteiger partial charge in [-0.1, -0.05) is 6.58 Å². The zero-order valence-electron chi connectivity index (χ0n) is 15.0. The van der Waals surface area contributed by atoms with Gasteiger partial charge in [0.1, 0.15) is 11.5 Å². The van der Waals surface area contributed by atoms with Crippen molar-refractivity contribution in [2.75, 3.05) is 11.1 Å². The molecule has 0 aliphatic carbocycles. The zero-order chi connectivity index (χ0) is 20.1. The Morgan fingerprint density at radius 1 is 0.929 bits per heavy atom. The van der Waals surface area contributed by atoms with Gasteiger partial charge in [0.2, 0.25) is 0 Å². The molecule has 0 unspecified atom stereocenters. The Bertz CT molecular complexity index is 1040. The van der Waals surface area contributed by atoms with Gasteiger partial charge >= 0.3 is 0 Å². The van der Waals surface area contributed by atoms with E-state index < -0.39 is 0 Å². The van der Waals surface area contributed by atoms with Crippen molar-refractivity contribution >= 4 is 28.7 Å². The number of carbonyl (C=O) groups is 1. The smallest absolute Gasteiger partial charge is 0.255 e. The second kappa shape index (κ2) is 8.09. The van der Waals surface area contributed by atoms with Crippen molar-refractivity contribution in [3.63, 3.8) is 0 Å². The second-order valence-electron chi connectivity index (χ2n) is 6.02. The van der Waals surface area contributed by atoms with Crippen LogP contribution >= 0.6 is 0 Å². The Morgan fingerprint density at radius 3 is 2.07 bits per heavy atom. The lowest BCUT2D eigenvalue weighted by atomic mass is 10.1. The number of nitrogens with one attached hydrogen (secondary N) is 1. The minimum atomic E-state index is -0.317. The maximum atomic E-state index is 12.4. The average Bonchev–Trinajstić information content (AvgIpc) is 2.69. The summed E-state index contributed by atoms with van der Waals surface area (Å²) in [5, 5.41) is 21.5. The highest BCUT2D eigenvalue weighted by atomic mass is 16.3. The van der Waals surface area contributed by atoms with Gasteiger partial charge in [0.25, 0.3) is 5.91 Å². The van der Waals surface area contributed by atoms with E-state index in [2.05, 4.69) is 16.9 Å². The van der Waals surface area contributed by atoms with Crippen LogP contribution in [0, 0.1) is 0 Å². The number of phenolic OH excluding ortho intramolecular Hbond substituents is 2. The Hall–Kier alpha value is -4.06. The van der Waals surface area contributed by atoms with Gasteiger partial charge in [0.15, 0.2) is 0 Å². The molecule has 3 aromatic carbocycles. The highest BCUT2D eigenvalue weighted by Crippen LogP contribution is 2.27.